The number of nitrogens with one attached hydrogen (secondary N) is 2. The molecule has 96 valence electrons. The molecule has 1 atom stereocenters. The van der Waals surface area contributed by atoms with E-state index in [2.05, 4.69) is 34.7 Å². The van der Waals surface area contributed by atoms with Crippen molar-refractivity contribution in [1.82, 2.24) is 15.5 Å². The molecule has 1 unspecified atom stereocenters. The van der Waals surface area contributed by atoms with Crippen molar-refractivity contribution in [3.63, 3.8) is 0 Å². The highest BCUT2D eigenvalue weighted by Crippen LogP contribution is 2.40. The Kier molecular flexibility index (Phi) is 3.66. The van der Waals surface area contributed by atoms with Crippen LogP contribution in [0.25, 0.3) is 0 Å². The fourth-order valence-corrected chi connectivity index (χ4v) is 2.12. The molecule has 1 saturated carbocycles. The molecule has 0 amide bonds. The predicted molar refractivity (Wildman–Crippen MR) is 66.8 cm³/mol. The molecular formula is C12H22N4O. The quantitative estimate of drug-likeness (QED) is 0.796. The lowest BCUT2D eigenvalue weighted by atomic mass is 9.70. The van der Waals surface area contributed by atoms with E-state index in [0.717, 1.165) is 13.1 Å². The van der Waals surface area contributed by atoms with E-state index in [1.807, 2.05) is 6.92 Å². The van der Waals surface area contributed by atoms with Gasteiger partial charge in [0.25, 0.3) is 0 Å². The van der Waals surface area contributed by atoms with Crippen molar-refractivity contribution < 1.29 is 4.42 Å². The van der Waals surface area contributed by atoms with E-state index in [4.69, 9.17) is 4.42 Å². The lowest BCUT2D eigenvalue weighted by molar-refractivity contribution is 0.178. The largest absolute Gasteiger partial charge is 0.406 e. The van der Waals surface area contributed by atoms with E-state index in [0.29, 0.717) is 17.3 Å². The van der Waals surface area contributed by atoms with Crippen LogP contribution >= 0.6 is 0 Å². The second-order valence-electron chi connectivity index (χ2n) is 5.24. The molecule has 1 aromatic rings. The maximum Gasteiger partial charge on any atom is 0.315 e. The van der Waals surface area contributed by atoms with Crippen LogP contribution in [0.2, 0.25) is 0 Å². The zero-order chi connectivity index (χ0) is 12.3. The third kappa shape index (κ3) is 2.97. The van der Waals surface area contributed by atoms with Crippen LogP contribution < -0.4 is 10.6 Å². The molecule has 2 rings (SSSR count). The van der Waals surface area contributed by atoms with Crippen molar-refractivity contribution in [1.29, 1.82) is 0 Å². The van der Waals surface area contributed by atoms with Gasteiger partial charge in [-0.2, -0.15) is 0 Å². The molecule has 1 aliphatic rings. The molecule has 1 fully saturated rings. The molecule has 0 bridgehead atoms. The summed E-state index contributed by atoms with van der Waals surface area (Å²) in [6.07, 6.45) is 3.91. The van der Waals surface area contributed by atoms with Crippen molar-refractivity contribution >= 4 is 6.01 Å². The molecule has 1 aromatic heterocycles. The summed E-state index contributed by atoms with van der Waals surface area (Å²) < 4.78 is 5.57. The molecule has 1 heterocycles. The van der Waals surface area contributed by atoms with Crippen LogP contribution in [0.1, 0.15) is 52.0 Å². The van der Waals surface area contributed by atoms with Gasteiger partial charge in [-0.25, -0.2) is 0 Å². The van der Waals surface area contributed by atoms with Crippen LogP contribution in [0.5, 0.6) is 0 Å². The lowest BCUT2D eigenvalue weighted by Gasteiger charge is -2.38. The topological polar surface area (TPSA) is 63.0 Å². The van der Waals surface area contributed by atoms with E-state index >= 15 is 0 Å². The van der Waals surface area contributed by atoms with E-state index in [-0.39, 0.29) is 6.04 Å². The average Bonchev–Trinajstić information content (AvgIpc) is 2.73. The van der Waals surface area contributed by atoms with Gasteiger partial charge in [-0.3, -0.25) is 0 Å². The molecule has 0 saturated heterocycles. The minimum Gasteiger partial charge on any atom is -0.406 e. The second kappa shape index (κ2) is 5.04. The normalized spacial score (nSPS) is 19.7. The number of nitrogens with zero attached hydrogens (tertiary/aromatic N) is 2. The molecular weight excluding hydrogens is 216 g/mol. The van der Waals surface area contributed by atoms with Gasteiger partial charge in [0.2, 0.25) is 5.89 Å². The van der Waals surface area contributed by atoms with Gasteiger partial charge in [0.15, 0.2) is 0 Å². The zero-order valence-corrected chi connectivity index (χ0v) is 10.9. The van der Waals surface area contributed by atoms with E-state index in [1.54, 1.807) is 0 Å². The SMILES string of the molecule is CCNC(C)c1nnc(NCC2(C)CCC2)o1. The first-order valence-corrected chi connectivity index (χ1v) is 6.44. The maximum absolute atomic E-state index is 5.57. The Morgan fingerprint density at radius 3 is 2.76 bits per heavy atom. The Hall–Kier alpha value is -1.10. The van der Waals surface area contributed by atoms with Gasteiger partial charge in [0.05, 0.1) is 6.04 Å². The molecule has 17 heavy (non-hydrogen) atoms. The van der Waals surface area contributed by atoms with Crippen molar-refractivity contribution in [3.8, 4) is 0 Å². The summed E-state index contributed by atoms with van der Waals surface area (Å²) in [5, 5.41) is 14.5. The number of hydrogen-bond acceptors (Lipinski definition) is 5. The van der Waals surface area contributed by atoms with Crippen molar-refractivity contribution in [2.45, 2.75) is 46.1 Å². The van der Waals surface area contributed by atoms with Gasteiger partial charge in [-0.1, -0.05) is 25.4 Å². The van der Waals surface area contributed by atoms with E-state index < -0.39 is 0 Å². The van der Waals surface area contributed by atoms with Gasteiger partial charge < -0.3 is 15.1 Å². The average molecular weight is 238 g/mol. The first kappa shape index (κ1) is 12.4. The van der Waals surface area contributed by atoms with Gasteiger partial charge in [0.1, 0.15) is 0 Å². The highest BCUT2D eigenvalue weighted by molar-refractivity contribution is 5.18. The molecule has 0 aromatic carbocycles. The Labute approximate surface area is 102 Å². The Morgan fingerprint density at radius 1 is 1.41 bits per heavy atom. The summed E-state index contributed by atoms with van der Waals surface area (Å²) in [6.45, 7) is 8.19. The van der Waals surface area contributed by atoms with E-state index in [1.165, 1.54) is 19.3 Å². The first-order chi connectivity index (χ1) is 8.13. The van der Waals surface area contributed by atoms with Crippen LogP contribution in [-0.2, 0) is 0 Å². The van der Waals surface area contributed by atoms with Crippen molar-refractivity contribution in [3.05, 3.63) is 5.89 Å². The standard InChI is InChI=1S/C12H22N4O/c1-4-13-9(2)10-15-16-11(17-10)14-8-12(3)6-5-7-12/h9,13H,4-8H2,1-3H3,(H,14,16). The Bertz CT molecular complexity index is 359. The number of anilines is 1. The van der Waals surface area contributed by atoms with E-state index in [9.17, 15) is 0 Å². The monoisotopic (exact) mass is 238 g/mol. The van der Waals surface area contributed by atoms with Crippen molar-refractivity contribution in [2.75, 3.05) is 18.4 Å². The molecule has 0 spiro atoms. The summed E-state index contributed by atoms with van der Waals surface area (Å²) in [6, 6.07) is 0.653. The number of hydrogen-bond donors (Lipinski definition) is 2. The van der Waals surface area contributed by atoms with Crippen LogP contribution in [0, 0.1) is 5.41 Å². The number of aromatic nitrogens is 2. The maximum atomic E-state index is 5.57. The van der Waals surface area contributed by atoms with Gasteiger partial charge in [-0.05, 0) is 31.7 Å². The fourth-order valence-electron chi connectivity index (χ4n) is 2.12. The molecule has 2 N–H and O–H groups in total. The predicted octanol–water partition coefficient (Wildman–Crippen LogP) is 2.34. The smallest absolute Gasteiger partial charge is 0.315 e. The summed E-state index contributed by atoms with van der Waals surface area (Å²) in [7, 11) is 0. The third-order valence-corrected chi connectivity index (χ3v) is 3.55. The zero-order valence-electron chi connectivity index (χ0n) is 10.9. The third-order valence-electron chi connectivity index (χ3n) is 3.55. The van der Waals surface area contributed by atoms with Crippen molar-refractivity contribution in [2.24, 2.45) is 5.41 Å². The summed E-state index contributed by atoms with van der Waals surface area (Å²) in [5.41, 5.74) is 0.419. The molecule has 0 aliphatic heterocycles. The molecule has 0 radical (unpaired) electrons. The summed E-state index contributed by atoms with van der Waals surface area (Å²) in [4.78, 5) is 0. The lowest BCUT2D eigenvalue weighted by Crippen LogP contribution is -2.33. The Balaban J connectivity index is 1.85. The first-order valence-electron chi connectivity index (χ1n) is 6.44. The second-order valence-corrected chi connectivity index (χ2v) is 5.24. The summed E-state index contributed by atoms with van der Waals surface area (Å²) >= 11 is 0. The fraction of sp³-hybridized carbons (Fsp3) is 0.833. The minimum atomic E-state index is 0.113. The summed E-state index contributed by atoms with van der Waals surface area (Å²) in [5.74, 6) is 0.646. The van der Waals surface area contributed by atoms with Gasteiger partial charge in [-0.15, -0.1) is 5.10 Å². The minimum absolute atomic E-state index is 0.113. The van der Waals surface area contributed by atoms with Gasteiger partial charge in [0, 0.05) is 6.54 Å². The van der Waals surface area contributed by atoms with Crippen LogP contribution in [0.4, 0.5) is 6.01 Å². The highest BCUT2D eigenvalue weighted by atomic mass is 16.4. The Morgan fingerprint density at radius 2 is 2.18 bits per heavy atom. The van der Waals surface area contributed by atoms with Crippen LogP contribution in [-0.4, -0.2) is 23.3 Å². The molecule has 5 heteroatoms. The van der Waals surface area contributed by atoms with Gasteiger partial charge >= 0.3 is 6.01 Å². The molecule has 1 aliphatic carbocycles. The number of rotatable bonds is 6. The van der Waals surface area contributed by atoms with Crippen LogP contribution in [0.15, 0.2) is 4.42 Å². The molecule has 5 nitrogen and oxygen atoms in total. The van der Waals surface area contributed by atoms with Crippen LogP contribution in [0.3, 0.4) is 0 Å². The highest BCUT2D eigenvalue weighted by Gasteiger charge is 2.31.